The zero-order chi connectivity index (χ0) is 14.5. The predicted octanol–water partition coefficient (Wildman–Crippen LogP) is 4.73. The van der Waals surface area contributed by atoms with Gasteiger partial charge in [-0.05, 0) is 47.7 Å². The summed E-state index contributed by atoms with van der Waals surface area (Å²) in [6, 6.07) is 5.43. The van der Waals surface area contributed by atoms with Gasteiger partial charge in [-0.3, -0.25) is 4.79 Å². The van der Waals surface area contributed by atoms with Crippen molar-refractivity contribution < 1.29 is 9.90 Å². The first-order valence-electron chi connectivity index (χ1n) is 6.70. The Labute approximate surface area is 127 Å². The van der Waals surface area contributed by atoms with Crippen molar-refractivity contribution in [1.29, 1.82) is 5.26 Å². The molecule has 0 radical (unpaired) electrons. The van der Waals surface area contributed by atoms with E-state index in [9.17, 15) is 4.79 Å². The molecule has 1 atom stereocenters. The van der Waals surface area contributed by atoms with Crippen LogP contribution >= 0.6 is 23.4 Å². The minimum atomic E-state index is -1.02. The number of carbonyl (C=O) groups is 1. The van der Waals surface area contributed by atoms with Gasteiger partial charge < -0.3 is 5.11 Å². The van der Waals surface area contributed by atoms with E-state index in [0.717, 1.165) is 30.2 Å². The lowest BCUT2D eigenvalue weighted by Gasteiger charge is -2.23. The Morgan fingerprint density at radius 2 is 2.10 bits per heavy atom. The summed E-state index contributed by atoms with van der Waals surface area (Å²) in [5.74, 6) is -0.532. The summed E-state index contributed by atoms with van der Waals surface area (Å²) in [7, 11) is 0. The highest BCUT2D eigenvalue weighted by Crippen LogP contribution is 2.38. The van der Waals surface area contributed by atoms with Gasteiger partial charge in [-0.25, -0.2) is 0 Å². The molecule has 1 N–H and O–H groups in total. The van der Waals surface area contributed by atoms with E-state index in [1.54, 1.807) is 12.1 Å². The van der Waals surface area contributed by atoms with Gasteiger partial charge in [0.1, 0.15) is 10.7 Å². The van der Waals surface area contributed by atoms with Crippen molar-refractivity contribution in [3.8, 4) is 5.40 Å². The first-order chi connectivity index (χ1) is 9.63. The van der Waals surface area contributed by atoms with Gasteiger partial charge in [-0.2, -0.15) is 5.26 Å². The molecule has 0 amide bonds. The summed E-state index contributed by atoms with van der Waals surface area (Å²) in [6.45, 7) is 0. The van der Waals surface area contributed by atoms with Crippen molar-refractivity contribution in [2.24, 2.45) is 0 Å². The lowest BCUT2D eigenvalue weighted by Crippen LogP contribution is -2.09. The van der Waals surface area contributed by atoms with Crippen molar-refractivity contribution >= 4 is 29.3 Å². The van der Waals surface area contributed by atoms with Gasteiger partial charge in [-0.15, -0.1) is 0 Å². The lowest BCUT2D eigenvalue weighted by molar-refractivity contribution is -0.136. The number of rotatable bonds is 4. The van der Waals surface area contributed by atoms with Gasteiger partial charge in [0.15, 0.2) is 0 Å². The number of halogens is 1. The molecule has 106 valence electrons. The molecule has 0 bridgehead atoms. The van der Waals surface area contributed by atoms with Gasteiger partial charge in [0.05, 0.1) is 0 Å². The summed E-state index contributed by atoms with van der Waals surface area (Å²) in [5.41, 5.74) is 1.69. The zero-order valence-corrected chi connectivity index (χ0v) is 12.6. The molecule has 20 heavy (non-hydrogen) atoms. The molecule has 0 aliphatic heterocycles. The number of nitriles is 1. The Kier molecular flexibility index (Phi) is 5.33. The molecule has 1 aromatic carbocycles. The van der Waals surface area contributed by atoms with E-state index in [1.807, 2.05) is 11.5 Å². The molecule has 1 aliphatic carbocycles. The van der Waals surface area contributed by atoms with Gasteiger partial charge in [0, 0.05) is 5.02 Å². The molecule has 1 unspecified atom stereocenters. The summed E-state index contributed by atoms with van der Waals surface area (Å²) in [4.78, 5) is 11.2. The predicted molar refractivity (Wildman–Crippen MR) is 80.9 cm³/mol. The molecular weight excluding hydrogens is 294 g/mol. The van der Waals surface area contributed by atoms with E-state index in [0.29, 0.717) is 16.5 Å². The zero-order valence-electron chi connectivity index (χ0n) is 11.0. The minimum absolute atomic E-state index is 0.484. The number of benzene rings is 1. The van der Waals surface area contributed by atoms with Crippen LogP contribution in [0, 0.1) is 10.7 Å². The van der Waals surface area contributed by atoms with Crippen molar-refractivity contribution in [3.05, 3.63) is 34.3 Å². The Balaban J connectivity index is 2.24. The van der Waals surface area contributed by atoms with Crippen LogP contribution in [0.25, 0.3) is 0 Å². The van der Waals surface area contributed by atoms with Crippen molar-refractivity contribution in [3.63, 3.8) is 0 Å². The number of nitrogens with zero attached hydrogens (tertiary/aromatic N) is 1. The van der Waals surface area contributed by atoms with Crippen LogP contribution in [-0.2, 0) is 4.79 Å². The highest BCUT2D eigenvalue weighted by molar-refractivity contribution is 8.04. The number of aliphatic carboxylic acids is 1. The fraction of sp³-hybridized carbons (Fsp3) is 0.467. The molecule has 0 aromatic heterocycles. The number of carboxylic acids is 1. The number of hydrogen-bond donors (Lipinski definition) is 1. The molecule has 0 heterocycles. The maximum Gasteiger partial charge on any atom is 0.322 e. The van der Waals surface area contributed by atoms with Crippen LogP contribution in [0.1, 0.15) is 54.4 Å². The topological polar surface area (TPSA) is 61.1 Å². The largest absolute Gasteiger partial charge is 0.480 e. The van der Waals surface area contributed by atoms with E-state index < -0.39 is 11.2 Å². The van der Waals surface area contributed by atoms with Crippen molar-refractivity contribution in [2.45, 2.75) is 43.3 Å². The summed E-state index contributed by atoms with van der Waals surface area (Å²) >= 11 is 7.06. The van der Waals surface area contributed by atoms with Crippen LogP contribution < -0.4 is 0 Å². The third-order valence-electron chi connectivity index (χ3n) is 3.77. The number of carboxylic acid groups (broad SMARTS) is 1. The summed E-state index contributed by atoms with van der Waals surface area (Å²) < 4.78 is 0. The second-order valence-electron chi connectivity index (χ2n) is 5.04. The molecule has 3 nitrogen and oxygen atoms in total. The second kappa shape index (κ2) is 7.01. The number of thiocyanates is 1. The van der Waals surface area contributed by atoms with Crippen LogP contribution in [0.4, 0.5) is 0 Å². The smallest absolute Gasteiger partial charge is 0.322 e. The molecule has 1 fully saturated rings. The van der Waals surface area contributed by atoms with Gasteiger partial charge in [-0.1, -0.05) is 43.0 Å². The lowest BCUT2D eigenvalue weighted by atomic mass is 9.84. The minimum Gasteiger partial charge on any atom is -0.480 e. The molecule has 1 aromatic rings. The van der Waals surface area contributed by atoms with Crippen molar-refractivity contribution in [1.82, 2.24) is 0 Å². The van der Waals surface area contributed by atoms with Gasteiger partial charge >= 0.3 is 5.97 Å². The SMILES string of the molecule is N#CSC(C(=O)O)c1ccc(C2CCCCC2)c(Cl)c1. The van der Waals surface area contributed by atoms with Gasteiger partial charge in [0.25, 0.3) is 0 Å². The Morgan fingerprint density at radius 3 is 2.65 bits per heavy atom. The normalized spacial score (nSPS) is 17.4. The second-order valence-corrected chi connectivity index (χ2v) is 6.34. The quantitative estimate of drug-likeness (QED) is 0.817. The maximum absolute atomic E-state index is 11.2. The first-order valence-corrected chi connectivity index (χ1v) is 7.96. The van der Waals surface area contributed by atoms with Crippen LogP contribution in [0.3, 0.4) is 0 Å². The molecule has 1 saturated carbocycles. The third kappa shape index (κ3) is 3.47. The summed E-state index contributed by atoms with van der Waals surface area (Å²) in [6.07, 6.45) is 6.03. The average molecular weight is 310 g/mol. The first kappa shape index (κ1) is 15.2. The molecule has 5 heteroatoms. The highest BCUT2D eigenvalue weighted by Gasteiger charge is 2.23. The standard InChI is InChI=1S/C15H16ClNO2S/c16-13-8-11(14(15(18)19)20-9-17)6-7-12(13)10-4-2-1-3-5-10/h6-8,10,14H,1-5H2,(H,18,19). The Bertz CT molecular complexity index is 535. The number of thioether (sulfide) groups is 1. The monoisotopic (exact) mass is 309 g/mol. The maximum atomic E-state index is 11.2. The van der Waals surface area contributed by atoms with E-state index in [2.05, 4.69) is 0 Å². The molecule has 0 spiro atoms. The molecule has 1 aliphatic rings. The fourth-order valence-electron chi connectivity index (χ4n) is 2.76. The highest BCUT2D eigenvalue weighted by atomic mass is 35.5. The van der Waals surface area contributed by atoms with E-state index in [-0.39, 0.29) is 0 Å². The van der Waals surface area contributed by atoms with Crippen LogP contribution in [0.2, 0.25) is 5.02 Å². The Morgan fingerprint density at radius 1 is 1.40 bits per heavy atom. The van der Waals surface area contributed by atoms with E-state index in [4.69, 9.17) is 22.0 Å². The average Bonchev–Trinajstić information content (AvgIpc) is 2.45. The fourth-order valence-corrected chi connectivity index (χ4v) is 3.60. The van der Waals surface area contributed by atoms with Crippen LogP contribution in [0.15, 0.2) is 18.2 Å². The van der Waals surface area contributed by atoms with Crippen molar-refractivity contribution in [2.75, 3.05) is 0 Å². The summed E-state index contributed by atoms with van der Waals surface area (Å²) in [5, 5.41) is 19.4. The third-order valence-corrected chi connectivity index (χ3v) is 4.91. The van der Waals surface area contributed by atoms with Crippen LogP contribution in [-0.4, -0.2) is 11.1 Å². The molecule has 0 saturated heterocycles. The number of hydrogen-bond acceptors (Lipinski definition) is 3. The van der Waals surface area contributed by atoms with Crippen LogP contribution in [0.5, 0.6) is 0 Å². The van der Waals surface area contributed by atoms with E-state index in [1.165, 1.54) is 19.3 Å². The van der Waals surface area contributed by atoms with E-state index >= 15 is 0 Å². The molecular formula is C15H16ClNO2S. The molecule has 2 rings (SSSR count). The Hall–Kier alpha value is -1.18. The van der Waals surface area contributed by atoms with Gasteiger partial charge in [0.2, 0.25) is 0 Å².